The Bertz CT molecular complexity index is 1480. The number of amides is 1. The molecule has 1 aromatic heterocycles. The van der Waals surface area contributed by atoms with Gasteiger partial charge < -0.3 is 19.5 Å². The second kappa shape index (κ2) is 10.6. The van der Waals surface area contributed by atoms with Crippen LogP contribution in [0.5, 0.6) is 11.5 Å². The predicted octanol–water partition coefficient (Wildman–Crippen LogP) is 3.25. The van der Waals surface area contributed by atoms with E-state index in [0.29, 0.717) is 49.3 Å². The Balaban J connectivity index is 0.00000194. The smallest absolute Gasteiger partial charge is 0.240 e. The number of carbonyl (C=O) groups excluding carboxylic acids is 1. The molecule has 10 nitrogen and oxygen atoms in total. The third-order valence-electron chi connectivity index (χ3n) is 7.38. The van der Waals surface area contributed by atoms with E-state index in [1.807, 2.05) is 30.3 Å². The molecule has 0 bridgehead atoms. The number of nitrogens with zero attached hydrogens (tertiary/aromatic N) is 2. The van der Waals surface area contributed by atoms with Crippen molar-refractivity contribution in [3.8, 4) is 22.8 Å². The molecule has 0 atom stereocenters. The zero-order valence-corrected chi connectivity index (χ0v) is 22.2. The molecule has 11 heteroatoms. The van der Waals surface area contributed by atoms with Gasteiger partial charge in [0.15, 0.2) is 11.5 Å². The van der Waals surface area contributed by atoms with Crippen molar-refractivity contribution in [3.63, 3.8) is 0 Å². The van der Waals surface area contributed by atoms with Gasteiger partial charge in [0, 0.05) is 34.6 Å². The summed E-state index contributed by atoms with van der Waals surface area (Å²) < 4.78 is 44.4. The number of benzene rings is 2. The fourth-order valence-electron chi connectivity index (χ4n) is 4.92. The Hall–Kier alpha value is -3.51. The molecular weight excluding hydrogens is 520 g/mol. The molecule has 2 N–H and O–H groups in total. The average molecular weight is 555 g/mol. The van der Waals surface area contributed by atoms with Crippen LogP contribution >= 0.6 is 0 Å². The molecule has 208 valence electrons. The number of anilines is 1. The zero-order chi connectivity index (χ0) is 26.9. The maximum absolute atomic E-state index is 13.3. The van der Waals surface area contributed by atoms with Crippen molar-refractivity contribution in [2.45, 2.75) is 23.2 Å². The first-order valence-corrected chi connectivity index (χ1v) is 14.5. The number of sulfonamides is 1. The van der Waals surface area contributed by atoms with Gasteiger partial charge in [-0.3, -0.25) is 9.69 Å². The fraction of sp³-hybridized carbons (Fsp3) is 0.357. The van der Waals surface area contributed by atoms with Crippen LogP contribution in [0, 0.1) is 0 Å². The summed E-state index contributed by atoms with van der Waals surface area (Å²) >= 11 is 0. The van der Waals surface area contributed by atoms with Crippen LogP contribution in [0.15, 0.2) is 65.6 Å². The quantitative estimate of drug-likeness (QED) is 0.414. The first-order chi connectivity index (χ1) is 18.9. The topological polar surface area (TPSA) is 119 Å². The number of aromatic nitrogens is 1. The van der Waals surface area contributed by atoms with E-state index in [9.17, 15) is 13.2 Å². The Morgan fingerprint density at radius 1 is 1.00 bits per heavy atom. The van der Waals surface area contributed by atoms with Crippen LogP contribution in [-0.4, -0.2) is 70.4 Å². The van der Waals surface area contributed by atoms with Gasteiger partial charge in [0.1, 0.15) is 5.82 Å². The van der Waals surface area contributed by atoms with E-state index in [-0.39, 0.29) is 20.4 Å². The number of hydrogen-bond donors (Lipinski definition) is 2. The largest absolute Gasteiger partial charge is 0.454 e. The molecule has 2 aromatic carbocycles. The second-order valence-electron chi connectivity index (χ2n) is 9.89. The maximum Gasteiger partial charge on any atom is 0.240 e. The van der Waals surface area contributed by atoms with Gasteiger partial charge in [0.05, 0.1) is 29.2 Å². The summed E-state index contributed by atoms with van der Waals surface area (Å²) in [5.41, 5.74) is 1.67. The van der Waals surface area contributed by atoms with Gasteiger partial charge in [-0.25, -0.2) is 18.1 Å². The van der Waals surface area contributed by atoms with Gasteiger partial charge in [0.25, 0.3) is 0 Å². The van der Waals surface area contributed by atoms with E-state index >= 15 is 0 Å². The number of hydrogen-bond acceptors (Lipinski definition) is 8. The van der Waals surface area contributed by atoms with Gasteiger partial charge >= 0.3 is 0 Å². The van der Waals surface area contributed by atoms with Crippen LogP contribution in [0.25, 0.3) is 11.3 Å². The minimum absolute atomic E-state index is 0. The van der Waals surface area contributed by atoms with Crippen molar-refractivity contribution in [2.75, 3.05) is 51.5 Å². The zero-order valence-electron chi connectivity index (χ0n) is 21.4. The molecule has 3 heterocycles. The van der Waals surface area contributed by atoms with Crippen LogP contribution in [0.4, 0.5) is 5.82 Å². The molecule has 3 aromatic rings. The number of morpholine rings is 1. The van der Waals surface area contributed by atoms with E-state index in [1.165, 1.54) is 0 Å². The van der Waals surface area contributed by atoms with Crippen LogP contribution < -0.4 is 19.5 Å². The molecule has 1 saturated heterocycles. The van der Waals surface area contributed by atoms with Crippen molar-refractivity contribution in [1.29, 1.82) is 0 Å². The van der Waals surface area contributed by atoms with Crippen molar-refractivity contribution < 1.29 is 30.3 Å². The number of nitrogens with one attached hydrogen (secondary N) is 2. The van der Waals surface area contributed by atoms with Gasteiger partial charge in [-0.2, -0.15) is 0 Å². The van der Waals surface area contributed by atoms with Crippen LogP contribution in [-0.2, 0) is 25.0 Å². The van der Waals surface area contributed by atoms with Gasteiger partial charge in [0.2, 0.25) is 22.7 Å². The van der Waals surface area contributed by atoms with Crippen molar-refractivity contribution in [1.82, 2.24) is 14.6 Å². The summed E-state index contributed by atoms with van der Waals surface area (Å²) in [6, 6.07) is 17.6. The summed E-state index contributed by atoms with van der Waals surface area (Å²) in [6.07, 6.45) is 1.49. The van der Waals surface area contributed by atoms with E-state index in [1.54, 1.807) is 30.3 Å². The maximum atomic E-state index is 13.3. The first kappa shape index (κ1) is 25.8. The van der Waals surface area contributed by atoms with Gasteiger partial charge in [-0.1, -0.05) is 24.3 Å². The summed E-state index contributed by atoms with van der Waals surface area (Å²) in [5, 5.41) is 2.97. The monoisotopic (exact) mass is 554 g/mol. The molecule has 1 amide bonds. The second-order valence-corrected chi connectivity index (χ2v) is 11.7. The fourth-order valence-corrected chi connectivity index (χ4v) is 5.94. The Labute approximate surface area is 230 Å². The summed E-state index contributed by atoms with van der Waals surface area (Å²) in [7, 11) is -3.63. The highest BCUT2D eigenvalue weighted by atomic mass is 32.2. The molecule has 39 heavy (non-hydrogen) atoms. The number of rotatable bonds is 9. The molecule has 2 fully saturated rings. The lowest BCUT2D eigenvalue weighted by Crippen LogP contribution is -2.41. The average Bonchev–Trinajstić information content (AvgIpc) is 3.64. The highest BCUT2D eigenvalue weighted by Crippen LogP contribution is 2.51. The first-order valence-electron chi connectivity index (χ1n) is 13.0. The van der Waals surface area contributed by atoms with Crippen molar-refractivity contribution in [3.05, 3.63) is 66.2 Å². The normalized spacial score (nSPS) is 18.1. The predicted molar refractivity (Wildman–Crippen MR) is 148 cm³/mol. The van der Waals surface area contributed by atoms with E-state index in [4.69, 9.17) is 14.2 Å². The SMILES string of the molecule is O=C(Nc1cccc(-c2ccc(S(=O)(=O)NCCN3CCOCC3)cc2)n1)C1(c2ccc3c(c2)OCO3)CC1.[HH].[HH]. The molecule has 0 unspecified atom stereocenters. The number of fused-ring (bicyclic) bond motifs is 1. The summed E-state index contributed by atoms with van der Waals surface area (Å²) in [6.45, 7) is 4.12. The highest BCUT2D eigenvalue weighted by Gasteiger charge is 2.51. The number of ether oxygens (including phenoxy) is 3. The molecule has 2 aliphatic heterocycles. The van der Waals surface area contributed by atoms with Crippen molar-refractivity contribution in [2.24, 2.45) is 0 Å². The third-order valence-corrected chi connectivity index (χ3v) is 8.86. The van der Waals surface area contributed by atoms with Gasteiger partial charge in [-0.05, 0) is 54.8 Å². The molecule has 1 saturated carbocycles. The van der Waals surface area contributed by atoms with Crippen LogP contribution in [0.3, 0.4) is 0 Å². The Kier molecular flexibility index (Phi) is 6.98. The Morgan fingerprint density at radius 3 is 2.54 bits per heavy atom. The minimum atomic E-state index is -3.63. The highest BCUT2D eigenvalue weighted by molar-refractivity contribution is 7.89. The van der Waals surface area contributed by atoms with Crippen LogP contribution in [0.2, 0.25) is 0 Å². The lowest BCUT2D eigenvalue weighted by molar-refractivity contribution is -0.118. The lowest BCUT2D eigenvalue weighted by Gasteiger charge is -2.26. The van der Waals surface area contributed by atoms with Crippen molar-refractivity contribution >= 4 is 21.7 Å². The lowest BCUT2D eigenvalue weighted by atomic mass is 9.94. The Morgan fingerprint density at radius 2 is 1.77 bits per heavy atom. The standard InChI is InChI=1S/C28H30N4O6S.2H2/c33-27(28(10-11-28)21-6-9-24-25(18-21)38-19-37-24)31-26-3-1-2-23(30-26)20-4-7-22(8-5-20)39(34,35)29-12-13-32-14-16-36-17-15-32;;/h1-9,18,29H,10-17,19H2,(H,30,31,33);2*1H. The molecule has 0 radical (unpaired) electrons. The van der Waals surface area contributed by atoms with E-state index in [2.05, 4.69) is 19.9 Å². The van der Waals surface area contributed by atoms with E-state index < -0.39 is 15.4 Å². The molecule has 6 rings (SSSR count). The van der Waals surface area contributed by atoms with Gasteiger partial charge in [-0.15, -0.1) is 0 Å². The molecule has 0 spiro atoms. The third kappa shape index (κ3) is 5.48. The van der Waals surface area contributed by atoms with Crippen LogP contribution in [0.1, 0.15) is 21.3 Å². The number of pyridine rings is 1. The summed E-state index contributed by atoms with van der Waals surface area (Å²) in [5.74, 6) is 1.66. The minimum Gasteiger partial charge on any atom is -0.454 e. The molecular formula is C28H34N4O6S. The molecule has 1 aliphatic carbocycles. The van der Waals surface area contributed by atoms with E-state index in [0.717, 1.165) is 37.1 Å². The summed E-state index contributed by atoms with van der Waals surface area (Å²) in [4.78, 5) is 20.3. The number of carbonyl (C=O) groups is 1. The molecule has 3 aliphatic rings.